The van der Waals surface area contributed by atoms with Crippen molar-refractivity contribution in [1.82, 2.24) is 9.80 Å². The molecule has 1 fully saturated rings. The minimum atomic E-state index is -0.185. The van der Waals surface area contributed by atoms with Gasteiger partial charge in [0.1, 0.15) is 11.5 Å². The minimum Gasteiger partial charge on any atom is -0.497 e. The van der Waals surface area contributed by atoms with Gasteiger partial charge in [-0.05, 0) is 31.2 Å². The van der Waals surface area contributed by atoms with Crippen LogP contribution < -0.4 is 9.47 Å². The van der Waals surface area contributed by atoms with Gasteiger partial charge in [0.15, 0.2) is 0 Å². The number of hydrogen-bond acceptors (Lipinski definition) is 5. The fraction of sp³-hybridized carbons (Fsp3) is 0.440. The number of amides is 2. The van der Waals surface area contributed by atoms with Crippen molar-refractivity contribution in [2.45, 2.75) is 19.4 Å². The Hall–Kier alpha value is -3.06. The van der Waals surface area contributed by atoms with E-state index in [0.29, 0.717) is 44.2 Å². The molecule has 2 aliphatic rings. The van der Waals surface area contributed by atoms with Crippen LogP contribution in [0.5, 0.6) is 11.5 Å². The minimum absolute atomic E-state index is 0.0268. The summed E-state index contributed by atoms with van der Waals surface area (Å²) in [6.07, 6.45) is 0.269. The molecule has 0 N–H and O–H groups in total. The van der Waals surface area contributed by atoms with Gasteiger partial charge in [-0.25, -0.2) is 0 Å². The molecule has 0 bridgehead atoms. The maximum absolute atomic E-state index is 13.7. The summed E-state index contributed by atoms with van der Waals surface area (Å²) in [6, 6.07) is 13.1. The Morgan fingerprint density at radius 1 is 1.19 bits per heavy atom. The normalized spacial score (nSPS) is 20.5. The van der Waals surface area contributed by atoms with Gasteiger partial charge in [-0.2, -0.15) is 0 Å². The summed E-state index contributed by atoms with van der Waals surface area (Å²) < 4.78 is 16.6. The van der Waals surface area contributed by atoms with Crippen molar-refractivity contribution < 1.29 is 23.8 Å². The van der Waals surface area contributed by atoms with Gasteiger partial charge in [0.2, 0.25) is 5.91 Å². The van der Waals surface area contributed by atoms with E-state index in [9.17, 15) is 9.59 Å². The molecule has 0 spiro atoms. The summed E-state index contributed by atoms with van der Waals surface area (Å²) in [5, 5.41) is 0. The highest BCUT2D eigenvalue weighted by atomic mass is 16.5. The van der Waals surface area contributed by atoms with E-state index in [-0.39, 0.29) is 30.2 Å². The first-order valence-electron chi connectivity index (χ1n) is 11.0. The van der Waals surface area contributed by atoms with Crippen LogP contribution in [0.15, 0.2) is 42.5 Å². The third-order valence-corrected chi connectivity index (χ3v) is 6.24. The van der Waals surface area contributed by atoms with Gasteiger partial charge in [0.05, 0.1) is 26.4 Å². The highest BCUT2D eigenvalue weighted by Gasteiger charge is 2.41. The molecular weight excluding hydrogens is 408 g/mol. The molecule has 2 aromatic carbocycles. The Labute approximate surface area is 188 Å². The summed E-state index contributed by atoms with van der Waals surface area (Å²) >= 11 is 0. The fourth-order valence-corrected chi connectivity index (χ4v) is 4.61. The van der Waals surface area contributed by atoms with E-state index in [1.165, 1.54) is 0 Å². The zero-order valence-electron chi connectivity index (χ0n) is 18.9. The third-order valence-electron chi connectivity index (χ3n) is 6.24. The van der Waals surface area contributed by atoms with Gasteiger partial charge in [0.25, 0.3) is 5.91 Å². The molecule has 0 aromatic heterocycles. The number of benzene rings is 2. The molecule has 2 aliphatic heterocycles. The van der Waals surface area contributed by atoms with E-state index >= 15 is 0 Å². The summed E-state index contributed by atoms with van der Waals surface area (Å²) in [7, 11) is 3.22. The second kappa shape index (κ2) is 9.61. The van der Waals surface area contributed by atoms with Gasteiger partial charge in [-0.1, -0.05) is 23.8 Å². The predicted octanol–water partition coefficient (Wildman–Crippen LogP) is 3.07. The van der Waals surface area contributed by atoms with Crippen LogP contribution in [0.3, 0.4) is 0 Å². The number of methoxy groups -OCH3 is 2. The maximum Gasteiger partial charge on any atom is 0.254 e. The van der Waals surface area contributed by atoms with E-state index in [1.807, 2.05) is 41.0 Å². The third kappa shape index (κ3) is 4.43. The highest BCUT2D eigenvalue weighted by Crippen LogP contribution is 2.42. The largest absolute Gasteiger partial charge is 0.497 e. The molecule has 0 saturated carbocycles. The molecule has 2 heterocycles. The zero-order valence-corrected chi connectivity index (χ0v) is 18.9. The van der Waals surface area contributed by atoms with Crippen LogP contribution in [0.25, 0.3) is 0 Å². The molecule has 0 radical (unpaired) electrons. The van der Waals surface area contributed by atoms with E-state index in [0.717, 1.165) is 16.9 Å². The van der Waals surface area contributed by atoms with Crippen LogP contribution in [-0.2, 0) is 9.53 Å². The second-order valence-corrected chi connectivity index (χ2v) is 8.37. The number of ether oxygens (including phenoxy) is 3. The zero-order chi connectivity index (χ0) is 22.7. The molecule has 1 saturated heterocycles. The van der Waals surface area contributed by atoms with Gasteiger partial charge in [-0.15, -0.1) is 0 Å². The number of carbonyl (C=O) groups is 2. The molecule has 170 valence electrons. The van der Waals surface area contributed by atoms with E-state index < -0.39 is 0 Å². The van der Waals surface area contributed by atoms with Crippen molar-refractivity contribution in [1.29, 1.82) is 0 Å². The first kappa shape index (κ1) is 22.1. The van der Waals surface area contributed by atoms with Gasteiger partial charge >= 0.3 is 0 Å². The lowest BCUT2D eigenvalue weighted by Crippen LogP contribution is -2.51. The summed E-state index contributed by atoms with van der Waals surface area (Å²) in [6.45, 7) is 4.35. The first-order valence-corrected chi connectivity index (χ1v) is 11.0. The van der Waals surface area contributed by atoms with Crippen molar-refractivity contribution in [3.05, 3.63) is 59.2 Å². The molecular formula is C25H30N2O5. The summed E-state index contributed by atoms with van der Waals surface area (Å²) in [5.41, 5.74) is 2.66. The molecule has 0 aliphatic carbocycles. The molecule has 7 heteroatoms. The molecule has 2 aromatic rings. The Morgan fingerprint density at radius 2 is 2.03 bits per heavy atom. The van der Waals surface area contributed by atoms with Crippen LogP contribution in [0.1, 0.15) is 33.9 Å². The van der Waals surface area contributed by atoms with Crippen LogP contribution in [0, 0.1) is 12.8 Å². The maximum atomic E-state index is 13.7. The molecule has 2 atom stereocenters. The summed E-state index contributed by atoms with van der Waals surface area (Å²) in [5.74, 6) is 1.31. The Kier molecular flexibility index (Phi) is 6.65. The highest BCUT2D eigenvalue weighted by molar-refractivity contribution is 5.95. The number of carbonyl (C=O) groups excluding carboxylic acids is 2. The van der Waals surface area contributed by atoms with Gasteiger partial charge in [0, 0.05) is 50.2 Å². The number of fused-ring (bicyclic) bond motifs is 3. The number of hydrogen-bond donors (Lipinski definition) is 0. The average Bonchev–Trinajstić information content (AvgIpc) is 2.81. The standard InChI is InChI=1S/C25H30N2O5/c1-17-7-8-22-21(13-17)24-19(16-32-22)15-26(11-12-30-2)23(28)9-10-27(24)25(29)18-5-4-6-20(14-18)31-3/h4-8,13-14,19,24H,9-12,15-16H2,1-3H3/t19-,24-/m0/s1. The Morgan fingerprint density at radius 3 is 2.81 bits per heavy atom. The number of nitrogens with zero attached hydrogens (tertiary/aromatic N) is 2. The SMILES string of the molecule is COCCN1C[C@H]2COc3ccc(C)cc3[C@H]2N(C(=O)c2cccc(OC)c2)CCC1=O. The lowest BCUT2D eigenvalue weighted by Gasteiger charge is -2.44. The molecule has 0 unspecified atom stereocenters. The lowest BCUT2D eigenvalue weighted by atomic mass is 9.86. The Balaban J connectivity index is 1.74. The molecule has 32 heavy (non-hydrogen) atoms. The average molecular weight is 439 g/mol. The van der Waals surface area contributed by atoms with Gasteiger partial charge in [-0.3, -0.25) is 9.59 Å². The van der Waals surface area contributed by atoms with E-state index in [1.54, 1.807) is 26.4 Å². The fourth-order valence-electron chi connectivity index (χ4n) is 4.61. The summed E-state index contributed by atoms with van der Waals surface area (Å²) in [4.78, 5) is 30.4. The lowest BCUT2D eigenvalue weighted by molar-refractivity contribution is -0.135. The smallest absolute Gasteiger partial charge is 0.254 e. The van der Waals surface area contributed by atoms with Crippen molar-refractivity contribution in [3.8, 4) is 11.5 Å². The quantitative estimate of drug-likeness (QED) is 0.718. The number of aryl methyl sites for hydroxylation is 1. The predicted molar refractivity (Wildman–Crippen MR) is 120 cm³/mol. The number of rotatable bonds is 5. The molecule has 2 amide bonds. The topological polar surface area (TPSA) is 68.3 Å². The van der Waals surface area contributed by atoms with Crippen LogP contribution >= 0.6 is 0 Å². The van der Waals surface area contributed by atoms with E-state index in [4.69, 9.17) is 14.2 Å². The van der Waals surface area contributed by atoms with Crippen molar-refractivity contribution in [2.75, 3.05) is 47.1 Å². The van der Waals surface area contributed by atoms with Crippen molar-refractivity contribution >= 4 is 11.8 Å². The monoisotopic (exact) mass is 438 g/mol. The Bertz CT molecular complexity index is 992. The van der Waals surface area contributed by atoms with E-state index in [2.05, 4.69) is 6.07 Å². The van der Waals surface area contributed by atoms with Crippen molar-refractivity contribution in [3.63, 3.8) is 0 Å². The van der Waals surface area contributed by atoms with Crippen LogP contribution in [-0.4, -0.2) is 68.7 Å². The van der Waals surface area contributed by atoms with Crippen LogP contribution in [0.4, 0.5) is 0 Å². The van der Waals surface area contributed by atoms with Crippen molar-refractivity contribution in [2.24, 2.45) is 5.92 Å². The first-order chi connectivity index (χ1) is 15.5. The molecule has 4 rings (SSSR count). The molecule has 7 nitrogen and oxygen atoms in total. The second-order valence-electron chi connectivity index (χ2n) is 8.37. The van der Waals surface area contributed by atoms with Crippen LogP contribution in [0.2, 0.25) is 0 Å². The van der Waals surface area contributed by atoms with Gasteiger partial charge < -0.3 is 24.0 Å².